The number of nitriles is 1. The van der Waals surface area contributed by atoms with Crippen LogP contribution < -0.4 is 9.64 Å². The van der Waals surface area contributed by atoms with Gasteiger partial charge in [0.15, 0.2) is 0 Å². The molecule has 1 amide bonds. The van der Waals surface area contributed by atoms with Gasteiger partial charge >= 0.3 is 6.01 Å². The number of hydrogen-bond acceptors (Lipinski definition) is 8. The van der Waals surface area contributed by atoms with Crippen molar-refractivity contribution >= 4 is 22.5 Å². The molecule has 41 heavy (non-hydrogen) atoms. The second kappa shape index (κ2) is 11.9. The zero-order valence-corrected chi connectivity index (χ0v) is 23.7. The minimum atomic E-state index is -0.226. The Morgan fingerprint density at radius 2 is 1.90 bits per heavy atom. The molecular formula is C32H37N7O2. The number of amides is 1. The number of benzene rings is 2. The van der Waals surface area contributed by atoms with Crippen molar-refractivity contribution in [2.45, 2.75) is 51.0 Å². The van der Waals surface area contributed by atoms with Gasteiger partial charge < -0.3 is 19.4 Å². The van der Waals surface area contributed by atoms with E-state index >= 15 is 0 Å². The quantitative estimate of drug-likeness (QED) is 0.411. The standard InChI is InChI=1S/C32H37N7O2/c1-3-30(40)39-18-17-38(20-25(39)11-14-33)31-28-21-37(19-24-9-6-8-23-7-4-5-10-27(23)24)22-29(28)34-32(35-31)41-26-12-15-36(2)16-13-26/h3-10,25-26H,1,11-13,15-22H2,2H3/t25-/m0/s1. The first-order valence-electron chi connectivity index (χ1n) is 14.5. The molecule has 9 heteroatoms. The molecule has 1 atom stereocenters. The van der Waals surface area contributed by atoms with Crippen LogP contribution >= 0.6 is 0 Å². The van der Waals surface area contributed by atoms with Gasteiger partial charge in [0.1, 0.15) is 11.9 Å². The highest BCUT2D eigenvalue weighted by Crippen LogP contribution is 2.34. The lowest BCUT2D eigenvalue weighted by atomic mass is 10.0. The summed E-state index contributed by atoms with van der Waals surface area (Å²) in [5, 5.41) is 12.0. The fraction of sp³-hybridized carbons (Fsp3) is 0.438. The maximum absolute atomic E-state index is 12.5. The maximum atomic E-state index is 12.5. The number of anilines is 1. The topological polar surface area (TPSA) is 88.8 Å². The van der Waals surface area contributed by atoms with Gasteiger partial charge in [-0.25, -0.2) is 0 Å². The van der Waals surface area contributed by atoms with Crippen LogP contribution in [0.2, 0.25) is 0 Å². The number of ether oxygens (including phenoxy) is 1. The monoisotopic (exact) mass is 551 g/mol. The Morgan fingerprint density at radius 1 is 1.10 bits per heavy atom. The summed E-state index contributed by atoms with van der Waals surface area (Å²) >= 11 is 0. The van der Waals surface area contributed by atoms with Crippen molar-refractivity contribution in [3.8, 4) is 12.1 Å². The number of carbonyl (C=O) groups is 1. The first-order valence-corrected chi connectivity index (χ1v) is 14.5. The van der Waals surface area contributed by atoms with Crippen molar-refractivity contribution in [3.63, 3.8) is 0 Å². The van der Waals surface area contributed by atoms with Gasteiger partial charge in [0.05, 0.1) is 24.2 Å². The lowest BCUT2D eigenvalue weighted by molar-refractivity contribution is -0.128. The summed E-state index contributed by atoms with van der Waals surface area (Å²) in [6, 6.07) is 17.5. The molecule has 1 aromatic heterocycles. The van der Waals surface area contributed by atoms with Gasteiger partial charge in [-0.3, -0.25) is 9.69 Å². The smallest absolute Gasteiger partial charge is 0.318 e. The Morgan fingerprint density at radius 3 is 2.71 bits per heavy atom. The third-order valence-corrected chi connectivity index (χ3v) is 8.58. The van der Waals surface area contributed by atoms with Crippen LogP contribution in [0.3, 0.4) is 0 Å². The maximum Gasteiger partial charge on any atom is 0.318 e. The van der Waals surface area contributed by atoms with Crippen molar-refractivity contribution in [1.82, 2.24) is 24.7 Å². The lowest BCUT2D eigenvalue weighted by Crippen LogP contribution is -2.55. The molecular weight excluding hydrogens is 514 g/mol. The molecule has 0 unspecified atom stereocenters. The Hall–Kier alpha value is -4.00. The molecule has 4 heterocycles. The average molecular weight is 552 g/mol. The van der Waals surface area contributed by atoms with Crippen LogP contribution in [0.4, 0.5) is 5.82 Å². The Balaban J connectivity index is 1.29. The van der Waals surface area contributed by atoms with Crippen LogP contribution in [0.5, 0.6) is 6.01 Å². The van der Waals surface area contributed by atoms with E-state index in [9.17, 15) is 10.1 Å². The number of hydrogen-bond donors (Lipinski definition) is 0. The molecule has 0 spiro atoms. The van der Waals surface area contributed by atoms with E-state index in [0.29, 0.717) is 32.2 Å². The number of aromatic nitrogens is 2. The number of rotatable bonds is 7. The van der Waals surface area contributed by atoms with Crippen molar-refractivity contribution in [1.29, 1.82) is 5.26 Å². The molecule has 3 aromatic rings. The summed E-state index contributed by atoms with van der Waals surface area (Å²) in [5.41, 5.74) is 3.40. The van der Waals surface area contributed by atoms with Crippen LogP contribution in [0, 0.1) is 11.3 Å². The zero-order valence-electron chi connectivity index (χ0n) is 23.7. The number of nitrogens with zero attached hydrogens (tertiary/aromatic N) is 7. The fourth-order valence-corrected chi connectivity index (χ4v) is 6.36. The molecule has 0 aliphatic carbocycles. The SMILES string of the molecule is C=CC(=O)N1CCN(c2nc(OC3CCN(C)CC3)nc3c2CN(Cc2cccc4ccccc24)C3)C[C@@H]1CC#N. The van der Waals surface area contributed by atoms with E-state index < -0.39 is 0 Å². The highest BCUT2D eigenvalue weighted by Gasteiger charge is 2.34. The zero-order chi connectivity index (χ0) is 28.3. The molecule has 212 valence electrons. The molecule has 2 aromatic carbocycles. The molecule has 9 nitrogen and oxygen atoms in total. The fourth-order valence-electron chi connectivity index (χ4n) is 6.36. The number of carbonyl (C=O) groups excluding carboxylic acids is 1. The summed E-state index contributed by atoms with van der Waals surface area (Å²) in [6.07, 6.45) is 3.59. The van der Waals surface area contributed by atoms with E-state index in [1.165, 1.54) is 22.4 Å². The first-order chi connectivity index (χ1) is 20.0. The van der Waals surface area contributed by atoms with Crippen molar-refractivity contribution < 1.29 is 9.53 Å². The van der Waals surface area contributed by atoms with Gasteiger partial charge in [0.2, 0.25) is 5.91 Å². The molecule has 3 aliphatic heterocycles. The van der Waals surface area contributed by atoms with Crippen LogP contribution in [-0.2, 0) is 24.4 Å². The average Bonchev–Trinajstić information content (AvgIpc) is 3.40. The third kappa shape index (κ3) is 5.76. The molecule has 6 rings (SSSR count). The predicted octanol–water partition coefficient (Wildman–Crippen LogP) is 3.74. The van der Waals surface area contributed by atoms with E-state index in [4.69, 9.17) is 14.7 Å². The van der Waals surface area contributed by atoms with E-state index in [1.807, 2.05) is 0 Å². The Bertz CT molecular complexity index is 1470. The van der Waals surface area contributed by atoms with Crippen LogP contribution in [0.15, 0.2) is 55.1 Å². The van der Waals surface area contributed by atoms with E-state index in [2.05, 4.69) is 76.9 Å². The van der Waals surface area contributed by atoms with Gasteiger partial charge in [0.25, 0.3) is 0 Å². The molecule has 2 saturated heterocycles. The summed E-state index contributed by atoms with van der Waals surface area (Å²) in [7, 11) is 2.14. The van der Waals surface area contributed by atoms with Crippen molar-refractivity contribution in [3.05, 3.63) is 71.9 Å². The van der Waals surface area contributed by atoms with E-state index in [1.54, 1.807) is 4.90 Å². The molecule has 0 radical (unpaired) electrons. The van der Waals surface area contributed by atoms with Crippen molar-refractivity contribution in [2.24, 2.45) is 0 Å². The Labute approximate surface area is 241 Å². The van der Waals surface area contributed by atoms with E-state index in [0.717, 1.165) is 56.1 Å². The molecule has 0 saturated carbocycles. The molecule has 0 N–H and O–H groups in total. The van der Waals surface area contributed by atoms with Gasteiger partial charge in [-0.2, -0.15) is 15.2 Å². The number of fused-ring (bicyclic) bond motifs is 2. The second-order valence-electron chi connectivity index (χ2n) is 11.4. The second-order valence-corrected chi connectivity index (χ2v) is 11.4. The summed E-state index contributed by atoms with van der Waals surface area (Å²) in [6.45, 7) is 9.58. The minimum absolute atomic E-state index is 0.0960. The largest absolute Gasteiger partial charge is 0.460 e. The van der Waals surface area contributed by atoms with Crippen LogP contribution in [-0.4, -0.2) is 82.5 Å². The lowest BCUT2D eigenvalue weighted by Gasteiger charge is -2.41. The Kier molecular flexibility index (Phi) is 7.86. The van der Waals surface area contributed by atoms with Gasteiger partial charge in [-0.05, 0) is 42.3 Å². The van der Waals surface area contributed by atoms with Gasteiger partial charge in [0, 0.05) is 57.9 Å². The third-order valence-electron chi connectivity index (χ3n) is 8.58. The minimum Gasteiger partial charge on any atom is -0.460 e. The highest BCUT2D eigenvalue weighted by atomic mass is 16.5. The molecule has 2 fully saturated rings. The first kappa shape index (κ1) is 27.2. The molecule has 0 bridgehead atoms. The normalized spacial score (nSPS) is 20.1. The van der Waals surface area contributed by atoms with Crippen molar-refractivity contribution in [2.75, 3.05) is 44.7 Å². The van der Waals surface area contributed by atoms with Crippen LogP contribution in [0.25, 0.3) is 10.8 Å². The number of piperidine rings is 1. The summed E-state index contributed by atoms with van der Waals surface area (Å²) in [4.78, 5) is 31.2. The highest BCUT2D eigenvalue weighted by molar-refractivity contribution is 5.87. The van der Waals surface area contributed by atoms with Gasteiger partial charge in [-0.15, -0.1) is 0 Å². The molecule has 3 aliphatic rings. The number of piperazine rings is 1. The number of likely N-dealkylation sites (tertiary alicyclic amines) is 1. The summed E-state index contributed by atoms with van der Waals surface area (Å²) in [5.74, 6) is 0.734. The predicted molar refractivity (Wildman–Crippen MR) is 158 cm³/mol. The van der Waals surface area contributed by atoms with Gasteiger partial charge in [-0.1, -0.05) is 49.0 Å². The van der Waals surface area contributed by atoms with E-state index in [-0.39, 0.29) is 24.5 Å². The summed E-state index contributed by atoms with van der Waals surface area (Å²) < 4.78 is 6.40. The van der Waals surface area contributed by atoms with Crippen LogP contribution in [0.1, 0.15) is 36.1 Å².